The van der Waals surface area contributed by atoms with Crippen molar-refractivity contribution in [3.8, 4) is 5.75 Å². The summed E-state index contributed by atoms with van der Waals surface area (Å²) in [5, 5.41) is 2.60. The van der Waals surface area contributed by atoms with Crippen LogP contribution in [-0.2, 0) is 11.0 Å². The SMILES string of the molecule is CCN(CC)C(=O)c1cccc(NC(=O)COc2ccc(C(F)(F)F)cc2)c1. The Morgan fingerprint density at radius 2 is 1.68 bits per heavy atom. The van der Waals surface area contributed by atoms with Gasteiger partial charge < -0.3 is 15.0 Å². The Morgan fingerprint density at radius 3 is 2.25 bits per heavy atom. The summed E-state index contributed by atoms with van der Waals surface area (Å²) in [5.41, 5.74) is 0.0863. The first-order valence-corrected chi connectivity index (χ1v) is 8.73. The summed E-state index contributed by atoms with van der Waals surface area (Å²) < 4.78 is 42.8. The monoisotopic (exact) mass is 394 g/mol. The molecule has 0 saturated carbocycles. The van der Waals surface area contributed by atoms with Gasteiger partial charge in [0.1, 0.15) is 5.75 Å². The lowest BCUT2D eigenvalue weighted by atomic mass is 10.1. The van der Waals surface area contributed by atoms with Crippen molar-refractivity contribution in [2.24, 2.45) is 0 Å². The fourth-order valence-corrected chi connectivity index (χ4v) is 2.51. The van der Waals surface area contributed by atoms with Crippen LogP contribution < -0.4 is 10.1 Å². The lowest BCUT2D eigenvalue weighted by Crippen LogP contribution is -2.30. The van der Waals surface area contributed by atoms with Gasteiger partial charge in [0.25, 0.3) is 11.8 Å². The first kappa shape index (κ1) is 21.3. The molecule has 0 heterocycles. The highest BCUT2D eigenvalue weighted by Gasteiger charge is 2.30. The molecule has 0 aliphatic rings. The Kier molecular flexibility index (Phi) is 7.03. The molecule has 2 aromatic rings. The molecule has 2 amide bonds. The summed E-state index contributed by atoms with van der Waals surface area (Å²) in [4.78, 5) is 26.1. The minimum atomic E-state index is -4.43. The highest BCUT2D eigenvalue weighted by molar-refractivity contribution is 5.97. The molecule has 0 aliphatic carbocycles. The predicted molar refractivity (Wildman–Crippen MR) is 99.3 cm³/mol. The number of amides is 2. The zero-order valence-corrected chi connectivity index (χ0v) is 15.5. The van der Waals surface area contributed by atoms with Crippen LogP contribution in [0.2, 0.25) is 0 Å². The standard InChI is InChI=1S/C20H21F3N2O3/c1-3-25(4-2)19(27)14-6-5-7-16(12-14)24-18(26)13-28-17-10-8-15(9-11-17)20(21,22)23/h5-12H,3-4,13H2,1-2H3,(H,24,26). The van der Waals surface area contributed by atoms with Gasteiger partial charge in [-0.05, 0) is 56.3 Å². The van der Waals surface area contributed by atoms with Crippen LogP contribution in [0, 0.1) is 0 Å². The molecule has 28 heavy (non-hydrogen) atoms. The molecule has 0 atom stereocenters. The zero-order chi connectivity index (χ0) is 20.7. The number of ether oxygens (including phenoxy) is 1. The highest BCUT2D eigenvalue weighted by Crippen LogP contribution is 2.30. The maximum Gasteiger partial charge on any atom is 0.416 e. The van der Waals surface area contributed by atoms with Crippen LogP contribution in [0.25, 0.3) is 0 Å². The molecule has 0 radical (unpaired) electrons. The van der Waals surface area contributed by atoms with Crippen molar-refractivity contribution < 1.29 is 27.5 Å². The van der Waals surface area contributed by atoms with Crippen molar-refractivity contribution in [2.75, 3.05) is 25.0 Å². The molecular formula is C20H21F3N2O3. The van der Waals surface area contributed by atoms with E-state index in [0.717, 1.165) is 24.3 Å². The maximum absolute atomic E-state index is 12.5. The molecule has 2 aromatic carbocycles. The number of nitrogens with one attached hydrogen (secondary N) is 1. The summed E-state index contributed by atoms with van der Waals surface area (Å²) in [5.74, 6) is -0.483. The molecule has 0 unspecified atom stereocenters. The van der Waals surface area contributed by atoms with Crippen LogP contribution in [0.15, 0.2) is 48.5 Å². The molecule has 0 spiro atoms. The molecule has 1 N–H and O–H groups in total. The van der Waals surface area contributed by atoms with Crippen molar-refractivity contribution in [2.45, 2.75) is 20.0 Å². The molecule has 2 rings (SSSR count). The average molecular weight is 394 g/mol. The number of carbonyl (C=O) groups excluding carboxylic acids is 2. The largest absolute Gasteiger partial charge is 0.484 e. The number of halogens is 3. The third-order valence-corrected chi connectivity index (χ3v) is 4.00. The van der Waals surface area contributed by atoms with Crippen LogP contribution in [0.1, 0.15) is 29.8 Å². The number of carbonyl (C=O) groups is 2. The molecular weight excluding hydrogens is 373 g/mol. The number of nitrogens with zero attached hydrogens (tertiary/aromatic N) is 1. The van der Waals surface area contributed by atoms with Gasteiger partial charge in [0.2, 0.25) is 0 Å². The fraction of sp³-hybridized carbons (Fsp3) is 0.300. The summed E-state index contributed by atoms with van der Waals surface area (Å²) in [6.07, 6.45) is -4.43. The predicted octanol–water partition coefficient (Wildman–Crippen LogP) is 4.20. The Labute approximate surface area is 161 Å². The van der Waals surface area contributed by atoms with E-state index in [1.54, 1.807) is 29.2 Å². The molecule has 0 bridgehead atoms. The van der Waals surface area contributed by atoms with Gasteiger partial charge in [-0.2, -0.15) is 13.2 Å². The van der Waals surface area contributed by atoms with Gasteiger partial charge in [-0.25, -0.2) is 0 Å². The highest BCUT2D eigenvalue weighted by atomic mass is 19.4. The second kappa shape index (κ2) is 9.25. The normalized spacial score (nSPS) is 11.0. The topological polar surface area (TPSA) is 58.6 Å². The maximum atomic E-state index is 12.5. The number of alkyl halides is 3. The van der Waals surface area contributed by atoms with Gasteiger partial charge in [0, 0.05) is 24.3 Å². The van der Waals surface area contributed by atoms with Gasteiger partial charge in [-0.1, -0.05) is 6.07 Å². The molecule has 150 valence electrons. The van der Waals surface area contributed by atoms with Gasteiger partial charge in [-0.15, -0.1) is 0 Å². The van der Waals surface area contributed by atoms with Crippen molar-refractivity contribution in [1.82, 2.24) is 4.90 Å². The second-order valence-corrected chi connectivity index (χ2v) is 5.92. The number of rotatable bonds is 7. The van der Waals surface area contributed by atoms with E-state index in [4.69, 9.17) is 4.74 Å². The summed E-state index contributed by atoms with van der Waals surface area (Å²) in [6, 6.07) is 10.6. The van der Waals surface area contributed by atoms with E-state index < -0.39 is 17.6 Å². The smallest absolute Gasteiger partial charge is 0.416 e. The van der Waals surface area contributed by atoms with E-state index in [2.05, 4.69) is 5.32 Å². The summed E-state index contributed by atoms with van der Waals surface area (Å²) in [7, 11) is 0. The first-order valence-electron chi connectivity index (χ1n) is 8.73. The van der Waals surface area contributed by atoms with Gasteiger partial charge in [0.15, 0.2) is 6.61 Å². The molecule has 0 fully saturated rings. The molecule has 5 nitrogen and oxygen atoms in total. The molecule has 8 heteroatoms. The number of hydrogen-bond donors (Lipinski definition) is 1. The Hall–Kier alpha value is -3.03. The van der Waals surface area contributed by atoms with Crippen LogP contribution in [0.3, 0.4) is 0 Å². The van der Waals surface area contributed by atoms with E-state index in [1.165, 1.54) is 0 Å². The Balaban J connectivity index is 1.94. The third-order valence-electron chi connectivity index (χ3n) is 4.00. The molecule has 0 saturated heterocycles. The lowest BCUT2D eigenvalue weighted by molar-refractivity contribution is -0.137. The van der Waals surface area contributed by atoms with Gasteiger partial charge >= 0.3 is 6.18 Å². The van der Waals surface area contributed by atoms with E-state index in [9.17, 15) is 22.8 Å². The molecule has 0 aromatic heterocycles. The summed E-state index contributed by atoms with van der Waals surface area (Å²) in [6.45, 7) is 4.54. The van der Waals surface area contributed by atoms with Crippen LogP contribution in [-0.4, -0.2) is 36.4 Å². The second-order valence-electron chi connectivity index (χ2n) is 5.92. The van der Waals surface area contributed by atoms with Crippen molar-refractivity contribution in [3.05, 3.63) is 59.7 Å². The summed E-state index contributed by atoms with van der Waals surface area (Å²) >= 11 is 0. The zero-order valence-electron chi connectivity index (χ0n) is 15.5. The van der Waals surface area contributed by atoms with Crippen LogP contribution >= 0.6 is 0 Å². The van der Waals surface area contributed by atoms with Crippen LogP contribution in [0.4, 0.5) is 18.9 Å². The number of anilines is 1. The Bertz CT molecular complexity index is 816. The lowest BCUT2D eigenvalue weighted by Gasteiger charge is -2.19. The van der Waals surface area contributed by atoms with E-state index in [0.29, 0.717) is 24.3 Å². The fourth-order valence-electron chi connectivity index (χ4n) is 2.51. The minimum Gasteiger partial charge on any atom is -0.484 e. The van der Waals surface area contributed by atoms with E-state index >= 15 is 0 Å². The van der Waals surface area contributed by atoms with Gasteiger partial charge in [0.05, 0.1) is 5.56 Å². The first-order chi connectivity index (χ1) is 13.2. The van der Waals surface area contributed by atoms with Crippen molar-refractivity contribution >= 4 is 17.5 Å². The quantitative estimate of drug-likeness (QED) is 0.766. The van der Waals surface area contributed by atoms with E-state index in [1.807, 2.05) is 13.8 Å². The number of hydrogen-bond acceptors (Lipinski definition) is 3. The minimum absolute atomic E-state index is 0.137. The van der Waals surface area contributed by atoms with Crippen molar-refractivity contribution in [1.29, 1.82) is 0 Å². The van der Waals surface area contributed by atoms with Crippen LogP contribution in [0.5, 0.6) is 5.75 Å². The van der Waals surface area contributed by atoms with Gasteiger partial charge in [-0.3, -0.25) is 9.59 Å². The molecule has 0 aliphatic heterocycles. The average Bonchev–Trinajstić information content (AvgIpc) is 2.67. The third kappa shape index (κ3) is 5.73. The van der Waals surface area contributed by atoms with E-state index in [-0.39, 0.29) is 18.3 Å². The van der Waals surface area contributed by atoms with Crippen molar-refractivity contribution in [3.63, 3.8) is 0 Å². The number of benzene rings is 2. The Morgan fingerprint density at radius 1 is 1.04 bits per heavy atom.